The van der Waals surface area contributed by atoms with Crippen molar-refractivity contribution in [1.29, 1.82) is 0 Å². The first-order chi connectivity index (χ1) is 8.50. The van der Waals surface area contributed by atoms with Crippen LogP contribution in [0.2, 0.25) is 0 Å². The molecule has 1 aromatic rings. The van der Waals surface area contributed by atoms with Crippen LogP contribution in [0.25, 0.3) is 0 Å². The molecule has 4 nitrogen and oxygen atoms in total. The van der Waals surface area contributed by atoms with Crippen molar-refractivity contribution in [3.63, 3.8) is 0 Å². The first-order valence-corrected chi connectivity index (χ1v) is 6.07. The first-order valence-electron chi connectivity index (χ1n) is 5.28. The molecule has 1 unspecified atom stereocenters. The van der Waals surface area contributed by atoms with E-state index < -0.39 is 18.0 Å². The zero-order valence-electron chi connectivity index (χ0n) is 9.62. The molecule has 2 amide bonds. The number of amides is 2. The van der Waals surface area contributed by atoms with Gasteiger partial charge in [-0.1, -0.05) is 40.7 Å². The van der Waals surface area contributed by atoms with Gasteiger partial charge in [0.1, 0.15) is 5.82 Å². The Kier molecular flexibility index (Phi) is 5.80. The normalized spacial score (nSPS) is 11.7. The number of nitrogens with one attached hydrogen (secondary N) is 2. The molecule has 0 saturated heterocycles. The summed E-state index contributed by atoms with van der Waals surface area (Å²) in [5, 5.41) is 14.7. The summed E-state index contributed by atoms with van der Waals surface area (Å²) in [5.74, 6) is -0.499. The van der Waals surface area contributed by atoms with Crippen molar-refractivity contribution in [2.45, 2.75) is 6.10 Å². The quantitative estimate of drug-likeness (QED) is 0.778. The maximum atomic E-state index is 13.3. The van der Waals surface area contributed by atoms with E-state index >= 15 is 0 Å². The van der Waals surface area contributed by atoms with E-state index in [-0.39, 0.29) is 18.7 Å². The highest BCUT2D eigenvalue weighted by molar-refractivity contribution is 9.11. The lowest BCUT2D eigenvalue weighted by atomic mass is 10.1. The molecule has 0 spiro atoms. The van der Waals surface area contributed by atoms with Crippen molar-refractivity contribution < 1.29 is 14.3 Å². The van der Waals surface area contributed by atoms with E-state index in [1.807, 2.05) is 0 Å². The summed E-state index contributed by atoms with van der Waals surface area (Å²) >= 11 is 3.09. The summed E-state index contributed by atoms with van der Waals surface area (Å²) in [6.45, 7) is 3.77. The highest BCUT2D eigenvalue weighted by atomic mass is 79.9. The summed E-state index contributed by atoms with van der Waals surface area (Å²) in [6, 6.07) is 5.43. The summed E-state index contributed by atoms with van der Waals surface area (Å²) in [5.41, 5.74) is 0.155. The Morgan fingerprint density at radius 2 is 2.11 bits per heavy atom. The van der Waals surface area contributed by atoms with Crippen LogP contribution in [-0.4, -0.2) is 24.2 Å². The second-order valence-corrected chi connectivity index (χ2v) is 4.74. The molecule has 6 heteroatoms. The maximum absolute atomic E-state index is 13.3. The fourth-order valence-corrected chi connectivity index (χ4v) is 1.42. The fourth-order valence-electron chi connectivity index (χ4n) is 1.28. The maximum Gasteiger partial charge on any atom is 0.315 e. The van der Waals surface area contributed by atoms with Gasteiger partial charge in [0, 0.05) is 16.6 Å². The first kappa shape index (κ1) is 14.7. The number of urea groups is 1. The Balaban J connectivity index is 2.42. The minimum Gasteiger partial charge on any atom is -0.386 e. The third-order valence-corrected chi connectivity index (χ3v) is 2.44. The average molecular weight is 317 g/mol. The summed E-state index contributed by atoms with van der Waals surface area (Å²) < 4.78 is 13.9. The van der Waals surface area contributed by atoms with Gasteiger partial charge in [0.25, 0.3) is 0 Å². The molecule has 3 N–H and O–H groups in total. The molecule has 0 aromatic heterocycles. The number of halogens is 2. The van der Waals surface area contributed by atoms with Gasteiger partial charge in [-0.25, -0.2) is 9.18 Å². The van der Waals surface area contributed by atoms with Gasteiger partial charge in [-0.3, -0.25) is 0 Å². The Morgan fingerprint density at radius 3 is 2.72 bits per heavy atom. The molecule has 1 rings (SSSR count). The van der Waals surface area contributed by atoms with E-state index in [2.05, 4.69) is 33.1 Å². The lowest BCUT2D eigenvalue weighted by Crippen LogP contribution is -2.38. The van der Waals surface area contributed by atoms with Crippen LogP contribution in [0.1, 0.15) is 11.7 Å². The van der Waals surface area contributed by atoms with Gasteiger partial charge in [-0.15, -0.1) is 0 Å². The smallest absolute Gasteiger partial charge is 0.315 e. The van der Waals surface area contributed by atoms with Crippen molar-refractivity contribution >= 4 is 22.0 Å². The van der Waals surface area contributed by atoms with Crippen molar-refractivity contribution in [3.05, 3.63) is 46.7 Å². The van der Waals surface area contributed by atoms with Crippen LogP contribution in [0.4, 0.5) is 9.18 Å². The molecule has 0 fully saturated rings. The SMILES string of the molecule is C=C(Br)CNC(=O)NCC(O)c1ccccc1F. The second-order valence-electron chi connectivity index (χ2n) is 3.62. The molecular formula is C12H14BrFN2O2. The van der Waals surface area contributed by atoms with Crippen LogP contribution in [0, 0.1) is 5.82 Å². The van der Waals surface area contributed by atoms with Crippen LogP contribution in [0.5, 0.6) is 0 Å². The Morgan fingerprint density at radius 1 is 1.44 bits per heavy atom. The number of carbonyl (C=O) groups is 1. The molecule has 0 radical (unpaired) electrons. The lowest BCUT2D eigenvalue weighted by molar-refractivity contribution is 0.169. The molecule has 0 heterocycles. The molecule has 1 atom stereocenters. The van der Waals surface area contributed by atoms with Gasteiger partial charge in [0.15, 0.2) is 0 Å². The van der Waals surface area contributed by atoms with Gasteiger partial charge in [0.2, 0.25) is 0 Å². The summed E-state index contributed by atoms with van der Waals surface area (Å²) in [7, 11) is 0. The van der Waals surface area contributed by atoms with Gasteiger partial charge < -0.3 is 15.7 Å². The molecular weight excluding hydrogens is 303 g/mol. The Bertz CT molecular complexity index is 440. The van der Waals surface area contributed by atoms with Crippen LogP contribution in [-0.2, 0) is 0 Å². The van der Waals surface area contributed by atoms with E-state index in [9.17, 15) is 14.3 Å². The highest BCUT2D eigenvalue weighted by Gasteiger charge is 2.12. The van der Waals surface area contributed by atoms with Crippen molar-refractivity contribution in [2.75, 3.05) is 13.1 Å². The number of aliphatic hydroxyl groups is 1. The lowest BCUT2D eigenvalue weighted by Gasteiger charge is -2.13. The third kappa shape index (κ3) is 4.85. The van der Waals surface area contributed by atoms with E-state index in [1.54, 1.807) is 6.07 Å². The molecule has 1 aromatic carbocycles. The minimum atomic E-state index is -1.08. The fraction of sp³-hybridized carbons (Fsp3) is 0.250. The predicted molar refractivity (Wildman–Crippen MR) is 70.8 cm³/mol. The highest BCUT2D eigenvalue weighted by Crippen LogP contribution is 2.15. The van der Waals surface area contributed by atoms with E-state index in [0.29, 0.717) is 4.48 Å². The van der Waals surface area contributed by atoms with Gasteiger partial charge in [-0.05, 0) is 6.07 Å². The van der Waals surface area contributed by atoms with Crippen molar-refractivity contribution in [2.24, 2.45) is 0 Å². The molecule has 0 aliphatic heterocycles. The summed E-state index contributed by atoms with van der Waals surface area (Å²) in [4.78, 5) is 11.3. The second kappa shape index (κ2) is 7.13. The van der Waals surface area contributed by atoms with Crippen LogP contribution < -0.4 is 10.6 Å². The molecule has 0 aliphatic carbocycles. The largest absolute Gasteiger partial charge is 0.386 e. The molecule has 0 saturated carbocycles. The monoisotopic (exact) mass is 316 g/mol. The van der Waals surface area contributed by atoms with E-state index in [1.165, 1.54) is 18.2 Å². The number of hydrogen-bond donors (Lipinski definition) is 3. The average Bonchev–Trinajstić information content (AvgIpc) is 2.34. The van der Waals surface area contributed by atoms with E-state index in [0.717, 1.165) is 0 Å². The molecule has 18 heavy (non-hydrogen) atoms. The van der Waals surface area contributed by atoms with Crippen molar-refractivity contribution in [3.8, 4) is 0 Å². The molecule has 0 bridgehead atoms. The number of benzene rings is 1. The standard InChI is InChI=1S/C12H14BrFN2O2/c1-8(13)6-15-12(18)16-7-11(17)9-4-2-3-5-10(9)14/h2-5,11,17H,1,6-7H2,(H2,15,16,18). The van der Waals surface area contributed by atoms with Crippen LogP contribution >= 0.6 is 15.9 Å². The molecule has 0 aliphatic rings. The predicted octanol–water partition coefficient (Wildman–Crippen LogP) is 2.07. The number of carbonyl (C=O) groups excluding carboxylic acids is 1. The zero-order chi connectivity index (χ0) is 13.5. The topological polar surface area (TPSA) is 61.4 Å². The Hall–Kier alpha value is -1.40. The molecule has 98 valence electrons. The van der Waals surface area contributed by atoms with Gasteiger partial charge in [0.05, 0.1) is 12.6 Å². The van der Waals surface area contributed by atoms with Crippen LogP contribution in [0.15, 0.2) is 35.3 Å². The number of hydrogen-bond acceptors (Lipinski definition) is 2. The van der Waals surface area contributed by atoms with E-state index in [4.69, 9.17) is 0 Å². The third-order valence-electron chi connectivity index (χ3n) is 2.16. The minimum absolute atomic E-state index is 0.0679. The summed E-state index contributed by atoms with van der Waals surface area (Å²) in [6.07, 6.45) is -1.08. The zero-order valence-corrected chi connectivity index (χ0v) is 11.2. The van der Waals surface area contributed by atoms with Crippen molar-refractivity contribution in [1.82, 2.24) is 10.6 Å². The van der Waals surface area contributed by atoms with Gasteiger partial charge >= 0.3 is 6.03 Å². The number of aliphatic hydroxyl groups excluding tert-OH is 1. The van der Waals surface area contributed by atoms with Gasteiger partial charge in [-0.2, -0.15) is 0 Å². The van der Waals surface area contributed by atoms with Crippen LogP contribution in [0.3, 0.4) is 0 Å². The number of rotatable bonds is 5. The Labute approximate surface area is 113 Å².